The van der Waals surface area contributed by atoms with E-state index in [1.165, 1.54) is 4.31 Å². The average Bonchev–Trinajstić information content (AvgIpc) is 2.78. The molecule has 2 rings (SSSR count). The highest BCUT2D eigenvalue weighted by Crippen LogP contribution is 2.25. The summed E-state index contributed by atoms with van der Waals surface area (Å²) in [4.78, 5) is 0.188. The van der Waals surface area contributed by atoms with E-state index in [2.05, 4.69) is 0 Å². The summed E-state index contributed by atoms with van der Waals surface area (Å²) in [6.45, 7) is 4.03. The molecule has 22 heavy (non-hydrogen) atoms. The van der Waals surface area contributed by atoms with Crippen LogP contribution in [-0.2, 0) is 19.9 Å². The average molecular weight is 346 g/mol. The number of nitrogens with two attached hydrogens (primary N) is 1. The van der Waals surface area contributed by atoms with Gasteiger partial charge in [0.25, 0.3) is 0 Å². The fraction of sp³-hybridized carbons (Fsp3) is 0.571. The van der Waals surface area contributed by atoms with Crippen LogP contribution in [0.4, 0.5) is 0 Å². The van der Waals surface area contributed by atoms with Crippen molar-refractivity contribution in [2.75, 3.05) is 24.6 Å². The summed E-state index contributed by atoms with van der Waals surface area (Å²) >= 11 is 0. The summed E-state index contributed by atoms with van der Waals surface area (Å²) in [5.41, 5.74) is 7.43. The van der Waals surface area contributed by atoms with Gasteiger partial charge in [-0.2, -0.15) is 4.31 Å². The van der Waals surface area contributed by atoms with Gasteiger partial charge in [0.15, 0.2) is 9.84 Å². The zero-order chi connectivity index (χ0) is 16.5. The molecule has 1 heterocycles. The van der Waals surface area contributed by atoms with Crippen LogP contribution in [0.3, 0.4) is 0 Å². The molecule has 1 aliphatic rings. The second kappa shape index (κ2) is 6.27. The fourth-order valence-electron chi connectivity index (χ4n) is 2.64. The Bertz CT molecular complexity index is 757. The van der Waals surface area contributed by atoms with Gasteiger partial charge in [0.2, 0.25) is 10.0 Å². The van der Waals surface area contributed by atoms with Crippen LogP contribution in [0.25, 0.3) is 0 Å². The van der Waals surface area contributed by atoms with Crippen molar-refractivity contribution >= 4 is 19.9 Å². The smallest absolute Gasteiger partial charge is 0.243 e. The molecule has 1 fully saturated rings. The SMILES string of the molecule is Cc1ccc(S(=O)(=O)N(CCN)[C@H]2CCS(=O)(=O)C2)cc1C. The van der Waals surface area contributed by atoms with Gasteiger partial charge in [-0.15, -0.1) is 0 Å². The number of sulfonamides is 1. The van der Waals surface area contributed by atoms with Crippen molar-refractivity contribution < 1.29 is 16.8 Å². The Morgan fingerprint density at radius 1 is 1.27 bits per heavy atom. The number of hydrogen-bond acceptors (Lipinski definition) is 5. The van der Waals surface area contributed by atoms with Gasteiger partial charge in [-0.05, 0) is 43.5 Å². The molecule has 0 bridgehead atoms. The Balaban J connectivity index is 2.40. The highest BCUT2D eigenvalue weighted by atomic mass is 32.2. The van der Waals surface area contributed by atoms with Gasteiger partial charge < -0.3 is 5.73 Å². The number of nitrogens with zero attached hydrogens (tertiary/aromatic N) is 1. The van der Waals surface area contributed by atoms with E-state index >= 15 is 0 Å². The van der Waals surface area contributed by atoms with Crippen molar-refractivity contribution in [3.05, 3.63) is 29.3 Å². The maximum absolute atomic E-state index is 12.9. The van der Waals surface area contributed by atoms with Crippen molar-refractivity contribution in [3.63, 3.8) is 0 Å². The molecule has 0 aromatic heterocycles. The monoisotopic (exact) mass is 346 g/mol. The fourth-order valence-corrected chi connectivity index (χ4v) is 6.22. The normalized spacial score (nSPS) is 21.4. The Morgan fingerprint density at radius 2 is 1.95 bits per heavy atom. The predicted octanol–water partition coefficient (Wildman–Crippen LogP) is 0.440. The lowest BCUT2D eigenvalue weighted by atomic mass is 10.1. The van der Waals surface area contributed by atoms with E-state index in [4.69, 9.17) is 5.73 Å². The van der Waals surface area contributed by atoms with Crippen LogP contribution in [0.15, 0.2) is 23.1 Å². The van der Waals surface area contributed by atoms with Crippen molar-refractivity contribution in [1.82, 2.24) is 4.31 Å². The third-order valence-corrected chi connectivity index (χ3v) is 7.75. The van der Waals surface area contributed by atoms with Crippen LogP contribution >= 0.6 is 0 Å². The number of hydrogen-bond donors (Lipinski definition) is 1. The minimum atomic E-state index is -3.75. The molecular weight excluding hydrogens is 324 g/mol. The molecule has 1 aliphatic heterocycles. The number of benzene rings is 1. The van der Waals surface area contributed by atoms with Gasteiger partial charge in [0.1, 0.15) is 0 Å². The van der Waals surface area contributed by atoms with E-state index in [0.29, 0.717) is 6.42 Å². The Kier molecular flexibility index (Phi) is 4.96. The van der Waals surface area contributed by atoms with Gasteiger partial charge >= 0.3 is 0 Å². The summed E-state index contributed by atoms with van der Waals surface area (Å²) in [5.74, 6) is -0.0990. The lowest BCUT2D eigenvalue weighted by Crippen LogP contribution is -2.43. The van der Waals surface area contributed by atoms with E-state index in [1.54, 1.807) is 18.2 Å². The molecule has 8 heteroatoms. The van der Waals surface area contributed by atoms with E-state index < -0.39 is 25.9 Å². The van der Waals surface area contributed by atoms with Gasteiger partial charge in [0, 0.05) is 19.1 Å². The molecule has 0 aliphatic carbocycles. The zero-order valence-corrected chi connectivity index (χ0v) is 14.5. The quantitative estimate of drug-likeness (QED) is 0.834. The molecule has 6 nitrogen and oxygen atoms in total. The number of aryl methyl sites for hydroxylation is 2. The third kappa shape index (κ3) is 3.51. The maximum atomic E-state index is 12.9. The summed E-state index contributed by atoms with van der Waals surface area (Å²) in [6.07, 6.45) is 0.326. The maximum Gasteiger partial charge on any atom is 0.243 e. The van der Waals surface area contributed by atoms with Gasteiger partial charge in [-0.25, -0.2) is 16.8 Å². The Labute approximate surface area is 132 Å². The predicted molar refractivity (Wildman–Crippen MR) is 85.9 cm³/mol. The molecule has 1 saturated heterocycles. The lowest BCUT2D eigenvalue weighted by molar-refractivity contribution is 0.347. The van der Waals surface area contributed by atoms with Gasteiger partial charge in [-0.3, -0.25) is 0 Å². The Morgan fingerprint density at radius 3 is 2.45 bits per heavy atom. The summed E-state index contributed by atoms with van der Waals surface area (Å²) in [6, 6.07) is 4.41. The van der Waals surface area contributed by atoms with E-state index in [1.807, 2.05) is 13.8 Å². The first-order valence-electron chi connectivity index (χ1n) is 7.17. The van der Waals surface area contributed by atoms with Crippen LogP contribution in [0.2, 0.25) is 0 Å². The van der Waals surface area contributed by atoms with Crippen LogP contribution in [0, 0.1) is 13.8 Å². The standard InChI is InChI=1S/C14H22N2O4S2/c1-11-3-4-14(9-12(11)2)22(19,20)16(7-6-15)13-5-8-21(17,18)10-13/h3-4,9,13H,5-8,10,15H2,1-2H3/t13-/m0/s1. The highest BCUT2D eigenvalue weighted by Gasteiger charge is 2.38. The second-order valence-electron chi connectivity index (χ2n) is 5.71. The molecule has 0 saturated carbocycles. The second-order valence-corrected chi connectivity index (χ2v) is 9.83. The summed E-state index contributed by atoms with van der Waals surface area (Å²) in [5, 5.41) is 0. The molecule has 2 N–H and O–H groups in total. The number of rotatable bonds is 5. The van der Waals surface area contributed by atoms with Crippen LogP contribution in [0.5, 0.6) is 0 Å². The first-order chi connectivity index (χ1) is 10.2. The van der Waals surface area contributed by atoms with Crippen LogP contribution in [-0.4, -0.2) is 51.8 Å². The Hall–Kier alpha value is -0.960. The van der Waals surface area contributed by atoms with Crippen molar-refractivity contribution in [1.29, 1.82) is 0 Å². The minimum absolute atomic E-state index is 0.0290. The van der Waals surface area contributed by atoms with E-state index in [0.717, 1.165) is 11.1 Å². The van der Waals surface area contributed by atoms with Crippen LogP contribution in [0.1, 0.15) is 17.5 Å². The van der Waals surface area contributed by atoms with Gasteiger partial charge in [0.05, 0.1) is 16.4 Å². The van der Waals surface area contributed by atoms with Crippen LogP contribution < -0.4 is 5.73 Å². The molecule has 1 atom stereocenters. The molecule has 0 amide bonds. The highest BCUT2D eigenvalue weighted by molar-refractivity contribution is 7.92. The van der Waals surface area contributed by atoms with Crippen molar-refractivity contribution in [2.24, 2.45) is 5.73 Å². The van der Waals surface area contributed by atoms with Gasteiger partial charge in [-0.1, -0.05) is 6.07 Å². The first-order valence-corrected chi connectivity index (χ1v) is 10.4. The van der Waals surface area contributed by atoms with Crippen molar-refractivity contribution in [2.45, 2.75) is 31.2 Å². The van der Waals surface area contributed by atoms with Crippen molar-refractivity contribution in [3.8, 4) is 0 Å². The third-order valence-electron chi connectivity index (χ3n) is 4.05. The largest absolute Gasteiger partial charge is 0.329 e. The van der Waals surface area contributed by atoms with E-state index in [9.17, 15) is 16.8 Å². The molecular formula is C14H22N2O4S2. The minimum Gasteiger partial charge on any atom is -0.329 e. The topological polar surface area (TPSA) is 97.5 Å². The molecule has 0 unspecified atom stereocenters. The molecule has 0 radical (unpaired) electrons. The first kappa shape index (κ1) is 17.4. The zero-order valence-electron chi connectivity index (χ0n) is 12.8. The summed E-state index contributed by atoms with van der Waals surface area (Å²) < 4.78 is 50.3. The molecule has 124 valence electrons. The molecule has 1 aromatic carbocycles. The lowest BCUT2D eigenvalue weighted by Gasteiger charge is -2.27. The summed E-state index contributed by atoms with van der Waals surface area (Å²) in [7, 11) is -6.91. The molecule has 0 spiro atoms. The molecule has 1 aromatic rings. The van der Waals surface area contributed by atoms with E-state index in [-0.39, 0.29) is 29.5 Å². The number of sulfone groups is 1.